The Balaban J connectivity index is 2.56. The molecule has 1 aliphatic heterocycles. The topological polar surface area (TPSA) is 15.3 Å². The van der Waals surface area contributed by atoms with Gasteiger partial charge < -0.3 is 5.32 Å². The van der Waals surface area contributed by atoms with Gasteiger partial charge in [0.05, 0.1) is 0 Å². The van der Waals surface area contributed by atoms with Crippen LogP contribution in [0.4, 0.5) is 0 Å². The molecule has 1 aliphatic rings. The molecule has 0 bridgehead atoms. The number of hydrogen-bond acceptors (Lipinski definition) is 2. The first-order valence-electron chi connectivity index (χ1n) is 7.05. The molecule has 0 radical (unpaired) electrons. The lowest BCUT2D eigenvalue weighted by atomic mass is 9.95. The van der Waals surface area contributed by atoms with Gasteiger partial charge in [0, 0.05) is 31.7 Å². The van der Waals surface area contributed by atoms with E-state index in [0.717, 1.165) is 17.9 Å². The van der Waals surface area contributed by atoms with Gasteiger partial charge in [0.15, 0.2) is 0 Å². The number of nitrogens with zero attached hydrogens (tertiary/aromatic N) is 1. The van der Waals surface area contributed by atoms with Gasteiger partial charge in [0.1, 0.15) is 0 Å². The molecule has 0 saturated carbocycles. The van der Waals surface area contributed by atoms with Crippen LogP contribution in [-0.4, -0.2) is 36.6 Å². The molecule has 2 unspecified atom stereocenters. The van der Waals surface area contributed by atoms with E-state index in [9.17, 15) is 0 Å². The molecule has 0 aromatic carbocycles. The predicted octanol–water partition coefficient (Wildman–Crippen LogP) is 2.74. The fourth-order valence-electron chi connectivity index (χ4n) is 2.75. The van der Waals surface area contributed by atoms with Gasteiger partial charge in [0.25, 0.3) is 0 Å². The summed E-state index contributed by atoms with van der Waals surface area (Å²) in [4.78, 5) is 2.73. The van der Waals surface area contributed by atoms with Crippen molar-refractivity contribution >= 4 is 0 Å². The molecule has 2 heteroatoms. The lowest BCUT2D eigenvalue weighted by Crippen LogP contribution is -2.58. The zero-order chi connectivity index (χ0) is 12.1. The number of rotatable bonds is 5. The first kappa shape index (κ1) is 14.0. The van der Waals surface area contributed by atoms with Crippen molar-refractivity contribution < 1.29 is 0 Å². The Morgan fingerprint density at radius 1 is 1.25 bits per heavy atom. The number of piperazine rings is 1. The van der Waals surface area contributed by atoms with Crippen LogP contribution >= 0.6 is 0 Å². The summed E-state index contributed by atoms with van der Waals surface area (Å²) in [5, 5.41) is 3.61. The van der Waals surface area contributed by atoms with E-state index in [4.69, 9.17) is 0 Å². The van der Waals surface area contributed by atoms with E-state index in [1.165, 1.54) is 32.5 Å². The average Bonchev–Trinajstić information content (AvgIpc) is 2.25. The quantitative estimate of drug-likeness (QED) is 0.775. The van der Waals surface area contributed by atoms with Gasteiger partial charge in [-0.2, -0.15) is 0 Å². The third kappa shape index (κ3) is 3.74. The van der Waals surface area contributed by atoms with E-state index in [2.05, 4.69) is 44.8 Å². The van der Waals surface area contributed by atoms with Crippen molar-refractivity contribution in [1.82, 2.24) is 10.2 Å². The zero-order valence-corrected chi connectivity index (χ0v) is 11.8. The minimum atomic E-state index is 0.657. The Bertz CT molecular complexity index is 187. The summed E-state index contributed by atoms with van der Waals surface area (Å²) in [6.45, 7) is 15.3. The molecule has 1 fully saturated rings. The van der Waals surface area contributed by atoms with Crippen molar-refractivity contribution in [3.05, 3.63) is 0 Å². The molecular formula is C14H30N2. The van der Waals surface area contributed by atoms with Crippen LogP contribution in [0.3, 0.4) is 0 Å². The molecule has 1 heterocycles. The smallest absolute Gasteiger partial charge is 0.0244 e. The third-order valence-electron chi connectivity index (χ3n) is 4.07. The lowest BCUT2D eigenvalue weighted by molar-refractivity contribution is 0.0837. The second kappa shape index (κ2) is 6.61. The highest BCUT2D eigenvalue weighted by Crippen LogP contribution is 2.19. The van der Waals surface area contributed by atoms with E-state index < -0.39 is 0 Å². The molecule has 1 rings (SSSR count). The fraction of sp³-hybridized carbons (Fsp3) is 1.00. The minimum absolute atomic E-state index is 0.657. The summed E-state index contributed by atoms with van der Waals surface area (Å²) in [5.41, 5.74) is 0. The first-order chi connectivity index (χ1) is 7.58. The van der Waals surface area contributed by atoms with E-state index in [-0.39, 0.29) is 0 Å². The van der Waals surface area contributed by atoms with Gasteiger partial charge in [0.2, 0.25) is 0 Å². The van der Waals surface area contributed by atoms with Crippen molar-refractivity contribution in [1.29, 1.82) is 0 Å². The van der Waals surface area contributed by atoms with Crippen molar-refractivity contribution in [2.75, 3.05) is 19.6 Å². The molecule has 0 aromatic heterocycles. The van der Waals surface area contributed by atoms with Gasteiger partial charge in [-0.15, -0.1) is 0 Å². The SMILES string of the molecule is CCC(CC)CN1CC(C)NCC1C(C)C. The highest BCUT2D eigenvalue weighted by atomic mass is 15.2. The van der Waals surface area contributed by atoms with Gasteiger partial charge >= 0.3 is 0 Å². The van der Waals surface area contributed by atoms with Crippen molar-refractivity contribution in [2.45, 2.75) is 59.5 Å². The minimum Gasteiger partial charge on any atom is -0.311 e. The molecule has 2 nitrogen and oxygen atoms in total. The Morgan fingerprint density at radius 3 is 2.38 bits per heavy atom. The zero-order valence-electron chi connectivity index (χ0n) is 11.8. The first-order valence-corrected chi connectivity index (χ1v) is 7.05. The molecule has 0 amide bonds. The van der Waals surface area contributed by atoms with Crippen LogP contribution in [0.1, 0.15) is 47.5 Å². The molecule has 96 valence electrons. The van der Waals surface area contributed by atoms with Crippen LogP contribution in [0.2, 0.25) is 0 Å². The highest BCUT2D eigenvalue weighted by molar-refractivity contribution is 4.86. The maximum absolute atomic E-state index is 3.61. The molecule has 1 N–H and O–H groups in total. The normalized spacial score (nSPS) is 27.9. The fourth-order valence-corrected chi connectivity index (χ4v) is 2.75. The summed E-state index contributed by atoms with van der Waals surface area (Å²) < 4.78 is 0. The van der Waals surface area contributed by atoms with Crippen LogP contribution in [0.5, 0.6) is 0 Å². The number of nitrogens with one attached hydrogen (secondary N) is 1. The van der Waals surface area contributed by atoms with E-state index >= 15 is 0 Å². The molecule has 0 spiro atoms. The van der Waals surface area contributed by atoms with E-state index in [1.54, 1.807) is 0 Å². The molecule has 0 aromatic rings. The summed E-state index contributed by atoms with van der Waals surface area (Å²) in [6.07, 6.45) is 2.64. The Morgan fingerprint density at radius 2 is 1.88 bits per heavy atom. The van der Waals surface area contributed by atoms with Crippen LogP contribution in [0.25, 0.3) is 0 Å². The summed E-state index contributed by atoms with van der Waals surface area (Å²) in [6, 6.07) is 1.39. The second-order valence-corrected chi connectivity index (χ2v) is 5.76. The monoisotopic (exact) mass is 226 g/mol. The Labute approximate surface area is 102 Å². The standard InChI is InChI=1S/C14H30N2/c1-6-13(7-2)10-16-9-12(5)15-8-14(16)11(3)4/h11-15H,6-10H2,1-5H3. The summed E-state index contributed by atoms with van der Waals surface area (Å²) >= 11 is 0. The predicted molar refractivity (Wildman–Crippen MR) is 71.7 cm³/mol. The van der Waals surface area contributed by atoms with Crippen LogP contribution in [0.15, 0.2) is 0 Å². The van der Waals surface area contributed by atoms with E-state index in [0.29, 0.717) is 6.04 Å². The summed E-state index contributed by atoms with van der Waals surface area (Å²) in [7, 11) is 0. The molecule has 16 heavy (non-hydrogen) atoms. The van der Waals surface area contributed by atoms with Gasteiger partial charge in [-0.3, -0.25) is 4.90 Å². The maximum atomic E-state index is 3.61. The highest BCUT2D eigenvalue weighted by Gasteiger charge is 2.28. The van der Waals surface area contributed by atoms with Crippen LogP contribution in [0, 0.1) is 11.8 Å². The lowest BCUT2D eigenvalue weighted by Gasteiger charge is -2.43. The van der Waals surface area contributed by atoms with E-state index in [1.807, 2.05) is 0 Å². The van der Waals surface area contributed by atoms with Gasteiger partial charge in [-0.1, -0.05) is 40.5 Å². The van der Waals surface area contributed by atoms with Crippen molar-refractivity contribution in [3.63, 3.8) is 0 Å². The molecule has 1 saturated heterocycles. The Kier molecular flexibility index (Phi) is 5.77. The van der Waals surface area contributed by atoms with Gasteiger partial charge in [-0.25, -0.2) is 0 Å². The second-order valence-electron chi connectivity index (χ2n) is 5.76. The largest absolute Gasteiger partial charge is 0.311 e. The average molecular weight is 226 g/mol. The van der Waals surface area contributed by atoms with Crippen molar-refractivity contribution in [2.24, 2.45) is 11.8 Å². The molecule has 0 aliphatic carbocycles. The maximum Gasteiger partial charge on any atom is 0.0244 e. The third-order valence-corrected chi connectivity index (χ3v) is 4.07. The van der Waals surface area contributed by atoms with Gasteiger partial charge in [-0.05, 0) is 18.8 Å². The molecule has 2 atom stereocenters. The number of hydrogen-bond donors (Lipinski definition) is 1. The summed E-state index contributed by atoms with van der Waals surface area (Å²) in [5.74, 6) is 1.64. The van der Waals surface area contributed by atoms with Crippen LogP contribution < -0.4 is 5.32 Å². The van der Waals surface area contributed by atoms with Crippen molar-refractivity contribution in [3.8, 4) is 0 Å². The Hall–Kier alpha value is -0.0800. The van der Waals surface area contributed by atoms with Crippen LogP contribution in [-0.2, 0) is 0 Å². The molecular weight excluding hydrogens is 196 g/mol.